The lowest BCUT2D eigenvalue weighted by Gasteiger charge is -2.27. The van der Waals surface area contributed by atoms with Crippen LogP contribution in [0.15, 0.2) is 54.6 Å². The maximum absolute atomic E-state index is 12.9. The first-order valence-corrected chi connectivity index (χ1v) is 9.28. The first-order chi connectivity index (χ1) is 13.5. The van der Waals surface area contributed by atoms with Crippen molar-refractivity contribution in [3.05, 3.63) is 54.6 Å². The van der Waals surface area contributed by atoms with Crippen LogP contribution in [0.5, 0.6) is 5.75 Å². The van der Waals surface area contributed by atoms with Gasteiger partial charge < -0.3 is 15.3 Å². The van der Waals surface area contributed by atoms with Gasteiger partial charge in [0, 0.05) is 0 Å². The number of rotatable bonds is 6. The van der Waals surface area contributed by atoms with E-state index in [4.69, 9.17) is 10.2 Å². The van der Waals surface area contributed by atoms with E-state index >= 15 is 0 Å². The van der Waals surface area contributed by atoms with E-state index in [1.165, 1.54) is 22.2 Å². The Balaban J connectivity index is 0.000000640. The Morgan fingerprint density at radius 3 is 1.79 bits per heavy atom. The number of phenols is 1. The fourth-order valence-corrected chi connectivity index (χ4v) is 2.90. The SMILES string of the molecule is CCCCC1C(=O)N(c2ccccc2)N(c2ccc(O)cc2)C1=O.OCCO. The number of benzene rings is 2. The summed E-state index contributed by atoms with van der Waals surface area (Å²) in [5, 5.41) is 27.6. The number of hydrogen-bond acceptors (Lipinski definition) is 5. The van der Waals surface area contributed by atoms with Gasteiger partial charge in [-0.25, -0.2) is 10.0 Å². The van der Waals surface area contributed by atoms with E-state index in [1.807, 2.05) is 25.1 Å². The van der Waals surface area contributed by atoms with Crippen LogP contribution in [0.3, 0.4) is 0 Å². The molecule has 7 heteroatoms. The minimum Gasteiger partial charge on any atom is -0.508 e. The predicted octanol–water partition coefficient (Wildman–Crippen LogP) is 2.46. The lowest BCUT2D eigenvalue weighted by Crippen LogP contribution is -2.41. The van der Waals surface area contributed by atoms with Crippen LogP contribution in [-0.2, 0) is 9.59 Å². The number of carbonyl (C=O) groups excluding carboxylic acids is 2. The summed E-state index contributed by atoms with van der Waals surface area (Å²) in [6, 6.07) is 15.4. The van der Waals surface area contributed by atoms with Crippen molar-refractivity contribution >= 4 is 23.2 Å². The van der Waals surface area contributed by atoms with Crippen molar-refractivity contribution in [1.82, 2.24) is 0 Å². The number of phenolic OH excluding ortho intramolecular Hbond substituents is 1. The number of nitrogens with zero attached hydrogens (tertiary/aromatic N) is 2. The molecule has 28 heavy (non-hydrogen) atoms. The van der Waals surface area contributed by atoms with E-state index in [0.29, 0.717) is 17.8 Å². The standard InChI is InChI=1S/C19H20N2O3.C2H6O2/c1-2-3-9-17-18(23)20(14-7-5-4-6-8-14)21(19(17)24)15-10-12-16(22)13-11-15;3-1-2-4/h4-8,10-13,17,22H,2-3,9H2,1H3;3-4H,1-2H2. The maximum atomic E-state index is 12.9. The average Bonchev–Trinajstić information content (AvgIpc) is 2.97. The second kappa shape index (κ2) is 10.4. The molecule has 7 nitrogen and oxygen atoms in total. The zero-order chi connectivity index (χ0) is 20.5. The molecule has 1 aliphatic heterocycles. The third kappa shape index (κ3) is 4.88. The van der Waals surface area contributed by atoms with Crippen molar-refractivity contribution in [1.29, 1.82) is 0 Å². The monoisotopic (exact) mass is 386 g/mol. The van der Waals surface area contributed by atoms with Crippen molar-refractivity contribution in [2.75, 3.05) is 23.2 Å². The molecule has 2 aromatic rings. The smallest absolute Gasteiger partial charge is 0.258 e. The van der Waals surface area contributed by atoms with Gasteiger partial charge in [-0.2, -0.15) is 0 Å². The highest BCUT2D eigenvalue weighted by Gasteiger charge is 2.46. The van der Waals surface area contributed by atoms with Crippen LogP contribution in [0, 0.1) is 5.92 Å². The largest absolute Gasteiger partial charge is 0.508 e. The number of carbonyl (C=O) groups is 2. The van der Waals surface area contributed by atoms with Gasteiger partial charge >= 0.3 is 0 Å². The summed E-state index contributed by atoms with van der Waals surface area (Å²) < 4.78 is 0. The number of aliphatic hydroxyl groups is 2. The molecule has 150 valence electrons. The Labute approximate surface area is 164 Å². The maximum Gasteiger partial charge on any atom is 0.258 e. The summed E-state index contributed by atoms with van der Waals surface area (Å²) >= 11 is 0. The molecule has 1 saturated heterocycles. The van der Waals surface area contributed by atoms with Crippen molar-refractivity contribution in [3.8, 4) is 5.75 Å². The lowest BCUT2D eigenvalue weighted by molar-refractivity contribution is -0.127. The number of para-hydroxylation sites is 1. The molecular formula is C21H26N2O5. The van der Waals surface area contributed by atoms with Gasteiger partial charge in [0.2, 0.25) is 0 Å². The highest BCUT2D eigenvalue weighted by Crippen LogP contribution is 2.34. The number of hydrogen-bond donors (Lipinski definition) is 3. The van der Waals surface area contributed by atoms with E-state index in [1.54, 1.807) is 24.3 Å². The molecule has 1 atom stereocenters. The molecule has 3 N–H and O–H groups in total. The number of hydrazine groups is 1. The van der Waals surface area contributed by atoms with Gasteiger partial charge in [0.1, 0.15) is 11.7 Å². The summed E-state index contributed by atoms with van der Waals surface area (Å²) in [5.41, 5.74) is 1.22. The van der Waals surface area contributed by atoms with Gasteiger partial charge in [-0.05, 0) is 42.8 Å². The molecule has 0 aromatic heterocycles. The predicted molar refractivity (Wildman–Crippen MR) is 107 cm³/mol. The normalized spacial score (nSPS) is 16.2. The van der Waals surface area contributed by atoms with Crippen LogP contribution >= 0.6 is 0 Å². The van der Waals surface area contributed by atoms with E-state index in [-0.39, 0.29) is 30.8 Å². The minimum atomic E-state index is -0.654. The van der Waals surface area contributed by atoms with E-state index < -0.39 is 5.92 Å². The molecule has 1 fully saturated rings. The molecule has 2 amide bonds. The zero-order valence-electron chi connectivity index (χ0n) is 15.9. The number of unbranched alkanes of at least 4 members (excludes halogenated alkanes) is 1. The van der Waals surface area contributed by atoms with E-state index in [2.05, 4.69) is 0 Å². The number of aliphatic hydroxyl groups excluding tert-OH is 2. The molecule has 0 bridgehead atoms. The van der Waals surface area contributed by atoms with Crippen LogP contribution in [-0.4, -0.2) is 40.3 Å². The molecule has 3 rings (SSSR count). The first-order valence-electron chi connectivity index (χ1n) is 9.28. The van der Waals surface area contributed by atoms with Gasteiger partial charge in [-0.1, -0.05) is 38.0 Å². The fourth-order valence-electron chi connectivity index (χ4n) is 2.90. The third-order valence-corrected chi connectivity index (χ3v) is 4.26. The molecule has 2 aromatic carbocycles. The van der Waals surface area contributed by atoms with Crippen molar-refractivity contribution in [2.45, 2.75) is 26.2 Å². The first kappa shape index (κ1) is 21.4. The van der Waals surface area contributed by atoms with Crippen molar-refractivity contribution < 1.29 is 24.9 Å². The average molecular weight is 386 g/mol. The summed E-state index contributed by atoms with van der Waals surface area (Å²) in [4.78, 5) is 25.8. The molecule has 0 spiro atoms. The number of anilines is 2. The molecule has 1 aliphatic rings. The van der Waals surface area contributed by atoms with Crippen LogP contribution in [0.2, 0.25) is 0 Å². The Bertz CT molecular complexity index is 762. The lowest BCUT2D eigenvalue weighted by atomic mass is 10.0. The number of aromatic hydroxyl groups is 1. The van der Waals surface area contributed by atoms with Crippen LogP contribution < -0.4 is 10.0 Å². The summed E-state index contributed by atoms with van der Waals surface area (Å²) in [6.07, 6.45) is 2.31. The van der Waals surface area contributed by atoms with E-state index in [0.717, 1.165) is 12.8 Å². The fraction of sp³-hybridized carbons (Fsp3) is 0.333. The second-order valence-electron chi connectivity index (χ2n) is 6.29. The Morgan fingerprint density at radius 1 is 0.821 bits per heavy atom. The molecule has 0 aliphatic carbocycles. The highest BCUT2D eigenvalue weighted by atomic mass is 16.3. The highest BCUT2D eigenvalue weighted by molar-refractivity contribution is 6.23. The van der Waals surface area contributed by atoms with Crippen molar-refractivity contribution in [3.63, 3.8) is 0 Å². The van der Waals surface area contributed by atoms with Gasteiger partial charge in [-0.15, -0.1) is 0 Å². The summed E-state index contributed by atoms with van der Waals surface area (Å²) in [6.45, 7) is 1.79. The minimum absolute atomic E-state index is 0.116. The van der Waals surface area contributed by atoms with Crippen LogP contribution in [0.25, 0.3) is 0 Å². The Morgan fingerprint density at radius 2 is 1.32 bits per heavy atom. The molecular weight excluding hydrogens is 360 g/mol. The van der Waals surface area contributed by atoms with Crippen LogP contribution in [0.1, 0.15) is 26.2 Å². The molecule has 0 radical (unpaired) electrons. The van der Waals surface area contributed by atoms with Gasteiger partial charge in [0.05, 0.1) is 24.6 Å². The zero-order valence-corrected chi connectivity index (χ0v) is 15.9. The van der Waals surface area contributed by atoms with Gasteiger partial charge in [0.15, 0.2) is 0 Å². The number of amides is 2. The Hall–Kier alpha value is -2.90. The molecule has 0 saturated carbocycles. The quantitative estimate of drug-likeness (QED) is 0.662. The summed E-state index contributed by atoms with van der Waals surface area (Å²) in [5.74, 6) is -0.958. The third-order valence-electron chi connectivity index (χ3n) is 4.26. The van der Waals surface area contributed by atoms with Crippen LogP contribution in [0.4, 0.5) is 11.4 Å². The topological polar surface area (TPSA) is 101 Å². The van der Waals surface area contributed by atoms with Crippen molar-refractivity contribution in [2.24, 2.45) is 5.92 Å². The van der Waals surface area contributed by atoms with Gasteiger partial charge in [0.25, 0.3) is 11.8 Å². The van der Waals surface area contributed by atoms with Gasteiger partial charge in [-0.3, -0.25) is 9.59 Å². The Kier molecular flexibility index (Phi) is 7.98. The molecule has 1 unspecified atom stereocenters. The molecule has 1 heterocycles. The second-order valence-corrected chi connectivity index (χ2v) is 6.29. The van der Waals surface area contributed by atoms with E-state index in [9.17, 15) is 14.7 Å². The summed E-state index contributed by atoms with van der Waals surface area (Å²) in [7, 11) is 0.